The second-order valence-corrected chi connectivity index (χ2v) is 8.47. The summed E-state index contributed by atoms with van der Waals surface area (Å²) in [6.45, 7) is 1.99. The molecule has 0 unspecified atom stereocenters. The quantitative estimate of drug-likeness (QED) is 0.649. The number of hydrogen-bond donors (Lipinski definition) is 2. The van der Waals surface area contributed by atoms with Crippen LogP contribution in [0.25, 0.3) is 10.4 Å². The number of nitrogens with one attached hydrogen (secondary N) is 2. The number of sulfonamides is 1. The molecule has 0 fully saturated rings. The molecule has 8 heteroatoms. The van der Waals surface area contributed by atoms with E-state index < -0.39 is 10.0 Å². The first-order valence-electron chi connectivity index (χ1n) is 8.16. The van der Waals surface area contributed by atoms with Crippen LogP contribution in [0.2, 0.25) is 0 Å². The molecule has 0 bridgehead atoms. The van der Waals surface area contributed by atoms with E-state index in [1.807, 2.05) is 0 Å². The number of carbonyl (C=O) groups is 1. The van der Waals surface area contributed by atoms with Crippen LogP contribution in [0.3, 0.4) is 0 Å². The molecule has 3 rings (SSSR count). The van der Waals surface area contributed by atoms with E-state index in [9.17, 15) is 17.6 Å². The van der Waals surface area contributed by atoms with Crippen LogP contribution >= 0.6 is 11.3 Å². The molecule has 140 valence electrons. The molecule has 5 nitrogen and oxygen atoms in total. The Morgan fingerprint density at radius 2 is 1.74 bits per heavy atom. The lowest BCUT2D eigenvalue weighted by atomic mass is 10.2. The maximum atomic E-state index is 13.9. The van der Waals surface area contributed by atoms with E-state index in [4.69, 9.17) is 0 Å². The normalized spacial score (nSPS) is 11.3. The van der Waals surface area contributed by atoms with E-state index in [-0.39, 0.29) is 16.6 Å². The molecule has 1 amide bonds. The van der Waals surface area contributed by atoms with E-state index >= 15 is 0 Å². The van der Waals surface area contributed by atoms with Crippen molar-refractivity contribution in [3.8, 4) is 10.4 Å². The molecule has 0 aliphatic carbocycles. The van der Waals surface area contributed by atoms with Gasteiger partial charge in [0.1, 0.15) is 5.82 Å². The monoisotopic (exact) mass is 404 g/mol. The zero-order chi connectivity index (χ0) is 19.4. The fraction of sp³-hybridized carbons (Fsp3) is 0.105. The first-order chi connectivity index (χ1) is 12.9. The number of anilines is 1. The fourth-order valence-corrected chi connectivity index (χ4v) is 4.42. The first-order valence-corrected chi connectivity index (χ1v) is 10.5. The van der Waals surface area contributed by atoms with E-state index in [2.05, 4.69) is 10.0 Å². The number of halogens is 1. The Labute approximate surface area is 160 Å². The van der Waals surface area contributed by atoms with Crippen molar-refractivity contribution in [2.24, 2.45) is 0 Å². The topological polar surface area (TPSA) is 75.3 Å². The largest absolute Gasteiger partial charge is 0.321 e. The molecule has 0 saturated heterocycles. The molecule has 3 aromatic rings. The summed E-state index contributed by atoms with van der Waals surface area (Å²) in [5.41, 5.74) is 0.913. The summed E-state index contributed by atoms with van der Waals surface area (Å²) < 4.78 is 40.1. The highest BCUT2D eigenvalue weighted by molar-refractivity contribution is 7.89. The van der Waals surface area contributed by atoms with Gasteiger partial charge in [0.05, 0.1) is 9.77 Å². The van der Waals surface area contributed by atoms with Crippen LogP contribution < -0.4 is 10.0 Å². The van der Waals surface area contributed by atoms with Crippen molar-refractivity contribution >= 4 is 33.0 Å². The van der Waals surface area contributed by atoms with Crippen LogP contribution in [0.1, 0.15) is 16.6 Å². The number of carbonyl (C=O) groups excluding carboxylic acids is 1. The van der Waals surface area contributed by atoms with Crippen molar-refractivity contribution < 1.29 is 17.6 Å². The average Bonchev–Trinajstić information content (AvgIpc) is 3.12. The van der Waals surface area contributed by atoms with Crippen LogP contribution in [0.4, 0.5) is 10.1 Å². The van der Waals surface area contributed by atoms with Gasteiger partial charge in [0.25, 0.3) is 5.91 Å². The molecule has 2 N–H and O–H groups in total. The van der Waals surface area contributed by atoms with Crippen molar-refractivity contribution in [1.82, 2.24) is 4.72 Å². The van der Waals surface area contributed by atoms with E-state index in [0.29, 0.717) is 27.5 Å². The summed E-state index contributed by atoms with van der Waals surface area (Å²) in [5, 5.41) is 2.71. The summed E-state index contributed by atoms with van der Waals surface area (Å²) >= 11 is 1.18. The summed E-state index contributed by atoms with van der Waals surface area (Å²) in [7, 11) is -3.54. The minimum atomic E-state index is -3.54. The minimum absolute atomic E-state index is 0.125. The number of rotatable bonds is 6. The van der Waals surface area contributed by atoms with Gasteiger partial charge in [-0.25, -0.2) is 17.5 Å². The van der Waals surface area contributed by atoms with Crippen molar-refractivity contribution in [3.05, 3.63) is 71.4 Å². The highest BCUT2D eigenvalue weighted by atomic mass is 32.2. The lowest BCUT2D eigenvalue weighted by molar-refractivity contribution is 0.103. The van der Waals surface area contributed by atoms with Gasteiger partial charge in [-0.1, -0.05) is 25.1 Å². The minimum Gasteiger partial charge on any atom is -0.321 e. The molecular formula is C19H17FN2O3S2. The molecule has 0 saturated carbocycles. The van der Waals surface area contributed by atoms with E-state index in [0.717, 1.165) is 0 Å². The van der Waals surface area contributed by atoms with Crippen molar-refractivity contribution in [3.63, 3.8) is 0 Å². The predicted octanol–water partition coefficient (Wildman–Crippen LogP) is 4.10. The van der Waals surface area contributed by atoms with Gasteiger partial charge in [-0.15, -0.1) is 11.3 Å². The van der Waals surface area contributed by atoms with Gasteiger partial charge in [-0.05, 0) is 42.5 Å². The smallest absolute Gasteiger partial charge is 0.265 e. The molecule has 0 radical (unpaired) electrons. The molecule has 0 aliphatic rings. The second-order valence-electron chi connectivity index (χ2n) is 5.62. The highest BCUT2D eigenvalue weighted by Gasteiger charge is 2.15. The molecule has 0 spiro atoms. The summed E-state index contributed by atoms with van der Waals surface area (Å²) in [6.07, 6.45) is 0. The highest BCUT2D eigenvalue weighted by Crippen LogP contribution is 2.30. The van der Waals surface area contributed by atoms with Crippen LogP contribution in [0.5, 0.6) is 0 Å². The molecule has 27 heavy (non-hydrogen) atoms. The number of thiophene rings is 1. The number of amides is 1. The Hall–Kier alpha value is -2.55. The first kappa shape index (κ1) is 19.2. The van der Waals surface area contributed by atoms with Crippen LogP contribution in [-0.4, -0.2) is 20.9 Å². The van der Waals surface area contributed by atoms with Gasteiger partial charge in [-0.3, -0.25) is 4.79 Å². The Morgan fingerprint density at radius 3 is 2.41 bits per heavy atom. The van der Waals surface area contributed by atoms with Crippen LogP contribution in [0.15, 0.2) is 65.6 Å². The summed E-state index contributed by atoms with van der Waals surface area (Å²) in [4.78, 5) is 13.6. The van der Waals surface area contributed by atoms with Crippen molar-refractivity contribution in [1.29, 1.82) is 0 Å². The van der Waals surface area contributed by atoms with Crippen molar-refractivity contribution in [2.75, 3.05) is 11.9 Å². The molecule has 2 aromatic carbocycles. The third-order valence-corrected chi connectivity index (χ3v) is 6.40. The van der Waals surface area contributed by atoms with Crippen LogP contribution in [0, 0.1) is 5.82 Å². The molecule has 0 aliphatic heterocycles. The maximum absolute atomic E-state index is 13.9. The van der Waals surface area contributed by atoms with Gasteiger partial charge in [0.15, 0.2) is 0 Å². The van der Waals surface area contributed by atoms with Gasteiger partial charge < -0.3 is 5.32 Å². The zero-order valence-electron chi connectivity index (χ0n) is 14.4. The summed E-state index contributed by atoms with van der Waals surface area (Å²) in [6, 6.07) is 15.6. The third-order valence-electron chi connectivity index (χ3n) is 3.73. The second kappa shape index (κ2) is 7.99. The lowest BCUT2D eigenvalue weighted by Crippen LogP contribution is -2.23. The van der Waals surface area contributed by atoms with Crippen molar-refractivity contribution in [2.45, 2.75) is 11.8 Å². The lowest BCUT2D eigenvalue weighted by Gasteiger charge is -2.07. The zero-order valence-corrected chi connectivity index (χ0v) is 16.0. The Bertz CT molecular complexity index is 1060. The molecule has 1 heterocycles. The third kappa shape index (κ3) is 4.41. The molecule has 0 atom stereocenters. The van der Waals surface area contributed by atoms with Gasteiger partial charge in [0.2, 0.25) is 10.0 Å². The van der Waals surface area contributed by atoms with E-state index in [1.165, 1.54) is 41.7 Å². The number of benzene rings is 2. The van der Waals surface area contributed by atoms with Crippen LogP contribution in [-0.2, 0) is 10.0 Å². The van der Waals surface area contributed by atoms with Gasteiger partial charge in [-0.2, -0.15) is 0 Å². The van der Waals surface area contributed by atoms with E-state index in [1.54, 1.807) is 37.3 Å². The fourth-order valence-electron chi connectivity index (χ4n) is 2.45. The Morgan fingerprint density at radius 1 is 1.04 bits per heavy atom. The Kier molecular flexibility index (Phi) is 5.69. The van der Waals surface area contributed by atoms with Gasteiger partial charge >= 0.3 is 0 Å². The predicted molar refractivity (Wildman–Crippen MR) is 105 cm³/mol. The number of hydrogen-bond acceptors (Lipinski definition) is 4. The molecular weight excluding hydrogens is 387 g/mol. The van der Waals surface area contributed by atoms with Gasteiger partial charge in [0, 0.05) is 22.7 Å². The SMILES string of the molecule is CCNS(=O)(=O)c1ccc(NC(=O)c2ccc(-c3ccccc3F)s2)cc1. The standard InChI is InChI=1S/C19H17FN2O3S2/c1-2-21-27(24,25)14-9-7-13(8-10-14)22-19(23)18-12-11-17(26-18)15-5-3-4-6-16(15)20/h3-12,21H,2H2,1H3,(H,22,23). The maximum Gasteiger partial charge on any atom is 0.265 e. The Balaban J connectivity index is 1.74. The summed E-state index contributed by atoms with van der Waals surface area (Å²) in [5.74, 6) is -0.686. The molecule has 1 aromatic heterocycles. The average molecular weight is 404 g/mol.